The number of aromatic nitrogens is 1. The second kappa shape index (κ2) is 5.23. The number of halogens is 3. The number of nitrogens with zero attached hydrogens (tertiary/aromatic N) is 1. The summed E-state index contributed by atoms with van der Waals surface area (Å²) in [6.45, 7) is 0.382. The number of benzene rings is 1. The third-order valence-corrected chi connectivity index (χ3v) is 2.86. The van der Waals surface area contributed by atoms with Crippen molar-refractivity contribution in [3.8, 4) is 0 Å². The van der Waals surface area contributed by atoms with E-state index >= 15 is 0 Å². The van der Waals surface area contributed by atoms with E-state index in [-0.39, 0.29) is 11.6 Å². The lowest BCUT2D eigenvalue weighted by Crippen LogP contribution is -2.01. The maximum atomic E-state index is 13.0. The molecule has 1 aromatic heterocycles. The second-order valence-electron chi connectivity index (χ2n) is 3.49. The molecule has 5 heteroatoms. The first-order chi connectivity index (χ1) is 8.15. The molecular weight excluding hydrogens is 290 g/mol. The van der Waals surface area contributed by atoms with Crippen LogP contribution in [0, 0.1) is 11.6 Å². The molecule has 1 aromatic carbocycles. The SMILES string of the molecule is Fc1cncc(CNc2cc(F)ccc2Br)c1. The van der Waals surface area contributed by atoms with Crippen LogP contribution in [0.15, 0.2) is 41.1 Å². The van der Waals surface area contributed by atoms with Gasteiger partial charge < -0.3 is 5.32 Å². The Labute approximate surface area is 106 Å². The lowest BCUT2D eigenvalue weighted by Gasteiger charge is -2.08. The van der Waals surface area contributed by atoms with Gasteiger partial charge in [-0.3, -0.25) is 4.98 Å². The standard InChI is InChI=1S/C12H9BrF2N2/c13-11-2-1-9(14)4-12(11)17-6-8-3-10(15)7-16-5-8/h1-5,7,17H,6H2. The number of nitrogens with one attached hydrogen (secondary N) is 1. The number of hydrogen-bond donors (Lipinski definition) is 1. The Kier molecular flexibility index (Phi) is 3.68. The van der Waals surface area contributed by atoms with Gasteiger partial charge >= 0.3 is 0 Å². The number of hydrogen-bond acceptors (Lipinski definition) is 2. The van der Waals surface area contributed by atoms with Crippen molar-refractivity contribution in [1.82, 2.24) is 4.98 Å². The largest absolute Gasteiger partial charge is 0.380 e. The van der Waals surface area contributed by atoms with Gasteiger partial charge in [0, 0.05) is 17.2 Å². The fraction of sp³-hybridized carbons (Fsp3) is 0.0833. The van der Waals surface area contributed by atoms with Gasteiger partial charge in [0.05, 0.1) is 11.9 Å². The summed E-state index contributed by atoms with van der Waals surface area (Å²) in [6, 6.07) is 5.73. The Morgan fingerprint density at radius 1 is 1.12 bits per heavy atom. The van der Waals surface area contributed by atoms with Crippen molar-refractivity contribution in [2.45, 2.75) is 6.54 Å². The highest BCUT2D eigenvalue weighted by Gasteiger charge is 2.02. The van der Waals surface area contributed by atoms with Crippen LogP contribution in [-0.2, 0) is 6.54 Å². The van der Waals surface area contributed by atoms with Gasteiger partial charge in [-0.05, 0) is 45.8 Å². The summed E-state index contributed by atoms with van der Waals surface area (Å²) < 4.78 is 26.6. The summed E-state index contributed by atoms with van der Waals surface area (Å²) in [6.07, 6.45) is 2.70. The first kappa shape index (κ1) is 12.0. The molecule has 2 rings (SSSR count). The molecule has 0 spiro atoms. The average Bonchev–Trinajstić information content (AvgIpc) is 2.30. The fourth-order valence-electron chi connectivity index (χ4n) is 1.38. The van der Waals surface area contributed by atoms with Crippen molar-refractivity contribution in [3.63, 3.8) is 0 Å². The van der Waals surface area contributed by atoms with E-state index in [9.17, 15) is 8.78 Å². The zero-order valence-electron chi connectivity index (χ0n) is 8.75. The van der Waals surface area contributed by atoms with E-state index in [1.54, 1.807) is 12.3 Å². The minimum atomic E-state index is -0.386. The minimum absolute atomic E-state index is 0.326. The Hall–Kier alpha value is -1.49. The molecule has 0 aliphatic rings. The molecule has 0 aliphatic carbocycles. The Morgan fingerprint density at radius 3 is 2.71 bits per heavy atom. The summed E-state index contributed by atoms with van der Waals surface area (Å²) in [5.74, 6) is -0.712. The molecule has 0 unspecified atom stereocenters. The van der Waals surface area contributed by atoms with Crippen LogP contribution in [-0.4, -0.2) is 4.98 Å². The molecule has 0 bridgehead atoms. The highest BCUT2D eigenvalue weighted by atomic mass is 79.9. The van der Waals surface area contributed by atoms with Crippen molar-refractivity contribution in [2.24, 2.45) is 0 Å². The van der Waals surface area contributed by atoms with E-state index in [0.29, 0.717) is 17.8 Å². The van der Waals surface area contributed by atoms with Gasteiger partial charge in [-0.15, -0.1) is 0 Å². The van der Waals surface area contributed by atoms with E-state index in [4.69, 9.17) is 0 Å². The first-order valence-corrected chi connectivity index (χ1v) is 5.73. The summed E-state index contributed by atoms with van der Waals surface area (Å²) in [7, 11) is 0. The van der Waals surface area contributed by atoms with Crippen LogP contribution >= 0.6 is 15.9 Å². The van der Waals surface area contributed by atoms with Crippen LogP contribution in [0.3, 0.4) is 0 Å². The van der Waals surface area contributed by atoms with Gasteiger partial charge in [-0.1, -0.05) is 0 Å². The molecule has 0 amide bonds. The van der Waals surface area contributed by atoms with Gasteiger partial charge in [0.1, 0.15) is 11.6 Å². The first-order valence-electron chi connectivity index (χ1n) is 4.93. The number of pyridine rings is 1. The Morgan fingerprint density at radius 2 is 1.94 bits per heavy atom. The molecule has 1 heterocycles. The molecule has 0 saturated carbocycles. The molecule has 88 valence electrons. The van der Waals surface area contributed by atoms with Gasteiger partial charge in [-0.25, -0.2) is 8.78 Å². The van der Waals surface area contributed by atoms with Crippen LogP contribution in [0.1, 0.15) is 5.56 Å². The fourth-order valence-corrected chi connectivity index (χ4v) is 1.77. The van der Waals surface area contributed by atoms with E-state index in [0.717, 1.165) is 10.7 Å². The van der Waals surface area contributed by atoms with Crippen LogP contribution in [0.25, 0.3) is 0 Å². The molecular formula is C12H9BrF2N2. The summed E-state index contributed by atoms with van der Waals surface area (Å²) >= 11 is 3.30. The van der Waals surface area contributed by atoms with Crippen LogP contribution in [0.5, 0.6) is 0 Å². The van der Waals surface area contributed by atoms with Crippen LogP contribution in [0.4, 0.5) is 14.5 Å². The third-order valence-electron chi connectivity index (χ3n) is 2.17. The molecule has 0 saturated heterocycles. The number of rotatable bonds is 3. The van der Waals surface area contributed by atoms with E-state index in [1.165, 1.54) is 18.2 Å². The highest BCUT2D eigenvalue weighted by Crippen LogP contribution is 2.23. The molecule has 0 radical (unpaired) electrons. The molecule has 0 atom stereocenters. The molecule has 1 N–H and O–H groups in total. The predicted molar refractivity (Wildman–Crippen MR) is 65.6 cm³/mol. The topological polar surface area (TPSA) is 24.9 Å². The monoisotopic (exact) mass is 298 g/mol. The number of anilines is 1. The third kappa shape index (κ3) is 3.23. The summed E-state index contributed by atoms with van der Waals surface area (Å²) in [5, 5.41) is 3.00. The summed E-state index contributed by atoms with van der Waals surface area (Å²) in [4.78, 5) is 3.74. The maximum Gasteiger partial charge on any atom is 0.141 e. The van der Waals surface area contributed by atoms with Crippen LogP contribution in [0.2, 0.25) is 0 Å². The second-order valence-corrected chi connectivity index (χ2v) is 4.34. The van der Waals surface area contributed by atoms with Crippen molar-refractivity contribution in [3.05, 3.63) is 58.3 Å². The van der Waals surface area contributed by atoms with Crippen LogP contribution < -0.4 is 5.32 Å². The van der Waals surface area contributed by atoms with Crippen molar-refractivity contribution >= 4 is 21.6 Å². The van der Waals surface area contributed by atoms with Crippen molar-refractivity contribution in [1.29, 1.82) is 0 Å². The zero-order valence-corrected chi connectivity index (χ0v) is 10.3. The van der Waals surface area contributed by atoms with Gasteiger partial charge in [0.2, 0.25) is 0 Å². The minimum Gasteiger partial charge on any atom is -0.380 e. The summed E-state index contributed by atoms with van der Waals surface area (Å²) in [5.41, 5.74) is 1.32. The van der Waals surface area contributed by atoms with Gasteiger partial charge in [0.25, 0.3) is 0 Å². The van der Waals surface area contributed by atoms with Crippen molar-refractivity contribution < 1.29 is 8.78 Å². The molecule has 17 heavy (non-hydrogen) atoms. The van der Waals surface area contributed by atoms with Crippen molar-refractivity contribution in [2.75, 3.05) is 5.32 Å². The Bertz CT molecular complexity index is 532. The normalized spacial score (nSPS) is 10.3. The van der Waals surface area contributed by atoms with E-state index in [1.807, 2.05) is 0 Å². The van der Waals surface area contributed by atoms with Gasteiger partial charge in [0.15, 0.2) is 0 Å². The van der Waals surface area contributed by atoms with Gasteiger partial charge in [-0.2, -0.15) is 0 Å². The molecule has 2 aromatic rings. The highest BCUT2D eigenvalue weighted by molar-refractivity contribution is 9.10. The van der Waals surface area contributed by atoms with E-state index in [2.05, 4.69) is 26.2 Å². The Balaban J connectivity index is 2.09. The van der Waals surface area contributed by atoms with E-state index < -0.39 is 0 Å². The quantitative estimate of drug-likeness (QED) is 0.934. The predicted octanol–water partition coefficient (Wildman–Crippen LogP) is 3.73. The lowest BCUT2D eigenvalue weighted by atomic mass is 10.2. The zero-order chi connectivity index (χ0) is 12.3. The molecule has 0 aliphatic heterocycles. The molecule has 0 fully saturated rings. The maximum absolute atomic E-state index is 13.0. The average molecular weight is 299 g/mol. The smallest absolute Gasteiger partial charge is 0.141 e. The lowest BCUT2D eigenvalue weighted by molar-refractivity contribution is 0.618. The molecule has 2 nitrogen and oxygen atoms in total.